The standard InChI is InChI=1S/C28H28ClN5OS/c1-33-11-13-34(14-12-33)18-20-4-6-21(7-5-20)28(35)31-24-8-9-25(29)23(15-24)16-27-32-26(19-36-27)22-3-2-10-30-17-22/h2-10,15,17,19H,11-14,16,18H2,1H3,(H,31,35). The van der Waals surface area contributed by atoms with E-state index in [1.165, 1.54) is 5.56 Å². The topological polar surface area (TPSA) is 61.4 Å². The number of anilines is 1. The van der Waals surface area contributed by atoms with Gasteiger partial charge in [0.1, 0.15) is 0 Å². The van der Waals surface area contributed by atoms with Crippen molar-refractivity contribution in [3.05, 3.63) is 99.1 Å². The largest absolute Gasteiger partial charge is 0.322 e. The highest BCUT2D eigenvalue weighted by atomic mass is 35.5. The third-order valence-corrected chi connectivity index (χ3v) is 7.59. The number of piperazine rings is 1. The van der Waals surface area contributed by atoms with Crippen LogP contribution in [-0.4, -0.2) is 58.9 Å². The van der Waals surface area contributed by atoms with Crippen molar-refractivity contribution in [1.29, 1.82) is 0 Å². The van der Waals surface area contributed by atoms with Gasteiger partial charge in [0.2, 0.25) is 0 Å². The Morgan fingerprint density at radius 2 is 1.89 bits per heavy atom. The van der Waals surface area contributed by atoms with E-state index < -0.39 is 0 Å². The molecular weight excluding hydrogens is 490 g/mol. The normalized spacial score (nSPS) is 14.6. The van der Waals surface area contributed by atoms with E-state index in [4.69, 9.17) is 16.6 Å². The van der Waals surface area contributed by atoms with Crippen molar-refractivity contribution < 1.29 is 4.79 Å². The predicted molar refractivity (Wildman–Crippen MR) is 147 cm³/mol. The first-order valence-electron chi connectivity index (χ1n) is 12.0. The van der Waals surface area contributed by atoms with Crippen molar-refractivity contribution in [2.24, 2.45) is 0 Å². The highest BCUT2D eigenvalue weighted by Gasteiger charge is 2.15. The number of benzene rings is 2. The summed E-state index contributed by atoms with van der Waals surface area (Å²) in [5.74, 6) is -0.137. The number of likely N-dealkylation sites (N-methyl/N-ethyl adjacent to an activating group) is 1. The van der Waals surface area contributed by atoms with Crippen molar-refractivity contribution in [3.63, 3.8) is 0 Å². The van der Waals surface area contributed by atoms with E-state index in [0.717, 1.165) is 54.6 Å². The second-order valence-corrected chi connectivity index (χ2v) is 10.4. The number of hydrogen-bond acceptors (Lipinski definition) is 6. The molecule has 6 nitrogen and oxygen atoms in total. The number of carbonyl (C=O) groups excluding carboxylic acids is 1. The van der Waals surface area contributed by atoms with Gasteiger partial charge in [-0.1, -0.05) is 23.7 Å². The van der Waals surface area contributed by atoms with Crippen LogP contribution in [-0.2, 0) is 13.0 Å². The van der Waals surface area contributed by atoms with Crippen molar-refractivity contribution in [1.82, 2.24) is 19.8 Å². The molecule has 0 saturated carbocycles. The summed E-state index contributed by atoms with van der Waals surface area (Å²) in [5, 5.41) is 6.64. The maximum atomic E-state index is 12.9. The number of rotatable bonds is 7. The molecule has 0 aliphatic carbocycles. The second kappa shape index (κ2) is 11.3. The number of nitrogens with one attached hydrogen (secondary N) is 1. The zero-order chi connectivity index (χ0) is 24.9. The fourth-order valence-electron chi connectivity index (χ4n) is 4.22. The van der Waals surface area contributed by atoms with Gasteiger partial charge in [-0.3, -0.25) is 14.7 Å². The minimum Gasteiger partial charge on any atom is -0.322 e. The van der Waals surface area contributed by atoms with Gasteiger partial charge in [0.05, 0.1) is 10.7 Å². The van der Waals surface area contributed by atoms with E-state index in [2.05, 4.69) is 27.1 Å². The van der Waals surface area contributed by atoms with E-state index in [1.807, 2.05) is 60.0 Å². The van der Waals surface area contributed by atoms with Gasteiger partial charge >= 0.3 is 0 Å². The zero-order valence-corrected chi connectivity index (χ0v) is 21.7. The lowest BCUT2D eigenvalue weighted by atomic mass is 10.1. The summed E-state index contributed by atoms with van der Waals surface area (Å²) < 4.78 is 0. The number of amides is 1. The zero-order valence-electron chi connectivity index (χ0n) is 20.2. The first-order valence-corrected chi connectivity index (χ1v) is 13.2. The summed E-state index contributed by atoms with van der Waals surface area (Å²) in [6, 6.07) is 17.3. The van der Waals surface area contributed by atoms with Crippen LogP contribution in [0.4, 0.5) is 5.69 Å². The smallest absolute Gasteiger partial charge is 0.255 e. The molecule has 184 valence electrons. The fourth-order valence-corrected chi connectivity index (χ4v) is 5.23. The third kappa shape index (κ3) is 6.17. The monoisotopic (exact) mass is 517 g/mol. The predicted octanol–water partition coefficient (Wildman–Crippen LogP) is 5.45. The molecule has 1 fully saturated rings. The van der Waals surface area contributed by atoms with Gasteiger partial charge in [0, 0.05) is 78.8 Å². The number of halogens is 1. The molecule has 0 spiro atoms. The molecule has 1 saturated heterocycles. The van der Waals surface area contributed by atoms with Crippen LogP contribution >= 0.6 is 22.9 Å². The van der Waals surface area contributed by atoms with Gasteiger partial charge in [0.25, 0.3) is 5.91 Å². The van der Waals surface area contributed by atoms with Crippen molar-refractivity contribution >= 4 is 34.5 Å². The highest BCUT2D eigenvalue weighted by molar-refractivity contribution is 7.10. The number of thiazole rings is 1. The van der Waals surface area contributed by atoms with Gasteiger partial charge in [-0.15, -0.1) is 11.3 Å². The van der Waals surface area contributed by atoms with Crippen molar-refractivity contribution in [2.75, 3.05) is 38.5 Å². The minimum absolute atomic E-state index is 0.137. The Morgan fingerprint density at radius 1 is 1.08 bits per heavy atom. The quantitative estimate of drug-likeness (QED) is 0.353. The first-order chi connectivity index (χ1) is 17.5. The molecule has 0 radical (unpaired) electrons. The Balaban J connectivity index is 1.22. The Hall–Kier alpha value is -3.10. The summed E-state index contributed by atoms with van der Waals surface area (Å²) in [6.07, 6.45) is 4.15. The molecule has 1 aliphatic rings. The molecule has 0 unspecified atom stereocenters. The molecule has 8 heteroatoms. The number of pyridine rings is 1. The molecule has 1 aliphatic heterocycles. The van der Waals surface area contributed by atoms with Crippen LogP contribution in [0.3, 0.4) is 0 Å². The van der Waals surface area contributed by atoms with E-state index in [-0.39, 0.29) is 5.91 Å². The van der Waals surface area contributed by atoms with Gasteiger partial charge in [-0.2, -0.15) is 0 Å². The Bertz CT molecular complexity index is 1320. The maximum Gasteiger partial charge on any atom is 0.255 e. The first kappa shape index (κ1) is 24.6. The summed E-state index contributed by atoms with van der Waals surface area (Å²) in [7, 11) is 2.16. The van der Waals surface area contributed by atoms with Gasteiger partial charge in [0.15, 0.2) is 0 Å². The Kier molecular flexibility index (Phi) is 7.72. The van der Waals surface area contributed by atoms with Gasteiger partial charge in [-0.25, -0.2) is 4.98 Å². The van der Waals surface area contributed by atoms with Crippen LogP contribution in [0.25, 0.3) is 11.3 Å². The van der Waals surface area contributed by atoms with Gasteiger partial charge in [-0.05, 0) is 60.6 Å². The van der Waals surface area contributed by atoms with Crippen molar-refractivity contribution in [3.8, 4) is 11.3 Å². The lowest BCUT2D eigenvalue weighted by Gasteiger charge is -2.32. The minimum atomic E-state index is -0.137. The summed E-state index contributed by atoms with van der Waals surface area (Å²) in [4.78, 5) is 26.6. The molecule has 1 amide bonds. The summed E-state index contributed by atoms with van der Waals surface area (Å²) >= 11 is 8.06. The van der Waals surface area contributed by atoms with Gasteiger partial charge < -0.3 is 10.2 Å². The number of aromatic nitrogens is 2. The molecule has 0 atom stereocenters. The van der Waals surface area contributed by atoms with E-state index >= 15 is 0 Å². The van der Waals surface area contributed by atoms with Crippen LogP contribution in [0.5, 0.6) is 0 Å². The molecule has 3 heterocycles. The van der Waals surface area contributed by atoms with Crippen LogP contribution < -0.4 is 5.32 Å². The van der Waals surface area contributed by atoms with Crippen LogP contribution in [0.1, 0.15) is 26.5 Å². The second-order valence-electron chi connectivity index (χ2n) is 9.08. The Morgan fingerprint density at radius 3 is 2.64 bits per heavy atom. The van der Waals surface area contributed by atoms with E-state index in [1.54, 1.807) is 23.7 Å². The summed E-state index contributed by atoms with van der Waals surface area (Å²) in [6.45, 7) is 5.25. The van der Waals surface area contributed by atoms with Crippen molar-refractivity contribution in [2.45, 2.75) is 13.0 Å². The summed E-state index contributed by atoms with van der Waals surface area (Å²) in [5.41, 5.74) is 5.38. The SMILES string of the molecule is CN1CCN(Cc2ccc(C(=O)Nc3ccc(Cl)c(Cc4nc(-c5cccnc5)cs4)c3)cc2)CC1. The molecule has 1 N–H and O–H groups in total. The third-order valence-electron chi connectivity index (χ3n) is 6.37. The van der Waals surface area contributed by atoms with Crippen LogP contribution in [0, 0.1) is 0 Å². The number of carbonyl (C=O) groups is 1. The maximum absolute atomic E-state index is 12.9. The van der Waals surface area contributed by atoms with Crippen LogP contribution in [0.15, 0.2) is 72.4 Å². The molecule has 0 bridgehead atoms. The lowest BCUT2D eigenvalue weighted by molar-refractivity contribution is 0.102. The Labute approximate surface area is 220 Å². The molecule has 2 aromatic carbocycles. The molecule has 2 aromatic heterocycles. The highest BCUT2D eigenvalue weighted by Crippen LogP contribution is 2.27. The van der Waals surface area contributed by atoms with Crippen LogP contribution in [0.2, 0.25) is 5.02 Å². The molecule has 4 aromatic rings. The average Bonchev–Trinajstić information content (AvgIpc) is 3.37. The number of nitrogens with zero attached hydrogens (tertiary/aromatic N) is 4. The fraction of sp³-hybridized carbons (Fsp3) is 0.250. The number of hydrogen-bond donors (Lipinski definition) is 1. The van der Waals surface area contributed by atoms with E-state index in [9.17, 15) is 4.79 Å². The lowest BCUT2D eigenvalue weighted by Crippen LogP contribution is -2.43. The molecule has 36 heavy (non-hydrogen) atoms. The average molecular weight is 518 g/mol. The van der Waals surface area contributed by atoms with E-state index in [0.29, 0.717) is 22.7 Å². The molecular formula is C28H28ClN5OS. The molecule has 5 rings (SSSR count).